The summed E-state index contributed by atoms with van der Waals surface area (Å²) in [5.41, 5.74) is -4.80. The van der Waals surface area contributed by atoms with Gasteiger partial charge in [-0.2, -0.15) is 0 Å². The van der Waals surface area contributed by atoms with E-state index in [1.807, 2.05) is 27.7 Å². The molecule has 0 aromatic rings. The Bertz CT molecular complexity index is 965. The van der Waals surface area contributed by atoms with Crippen LogP contribution in [0.1, 0.15) is 94.9 Å². The average molecular weight is 570 g/mol. The minimum absolute atomic E-state index is 0.0676. The Labute approximate surface area is 238 Å². The molecule has 12 nitrogen and oxygen atoms in total. The van der Waals surface area contributed by atoms with Crippen molar-refractivity contribution < 1.29 is 43.4 Å². The van der Waals surface area contributed by atoms with Crippen molar-refractivity contribution in [2.75, 3.05) is 6.54 Å². The molecule has 0 aromatic heterocycles. The summed E-state index contributed by atoms with van der Waals surface area (Å²) in [6, 6.07) is -0.763. The normalized spacial score (nSPS) is 25.4. The molecule has 2 saturated heterocycles. The van der Waals surface area contributed by atoms with Crippen LogP contribution in [0.2, 0.25) is 6.32 Å². The van der Waals surface area contributed by atoms with E-state index in [0.29, 0.717) is 19.2 Å². The van der Waals surface area contributed by atoms with E-state index in [2.05, 4.69) is 10.6 Å². The van der Waals surface area contributed by atoms with E-state index < -0.39 is 65.1 Å². The highest BCUT2D eigenvalue weighted by Crippen LogP contribution is 2.39. The number of amides is 3. The van der Waals surface area contributed by atoms with Crippen molar-refractivity contribution in [3.8, 4) is 0 Å². The van der Waals surface area contributed by atoms with Gasteiger partial charge in [0, 0.05) is 19.0 Å². The number of unbranched alkanes of at least 4 members (excludes halogenated alkanes) is 1. The Balaban J connectivity index is 2.11. The first-order chi connectivity index (χ1) is 18.1. The lowest BCUT2D eigenvalue weighted by Crippen LogP contribution is -2.62. The number of alkyl carbamates (subject to hydrolysis) is 1. The summed E-state index contributed by atoms with van der Waals surface area (Å²) < 4.78 is 17.3. The molecule has 4 N–H and O–H groups in total. The Morgan fingerprint density at radius 3 is 2.02 bits per heavy atom. The molecule has 0 saturated carbocycles. The predicted molar refractivity (Wildman–Crippen MR) is 149 cm³/mol. The molecular formula is C27H48BN3O9. The maximum absolute atomic E-state index is 13.4. The number of hydrogen-bond donors (Lipinski definition) is 4. The number of hydrogen-bond acceptors (Lipinski definition) is 7. The van der Waals surface area contributed by atoms with Crippen LogP contribution in [0.3, 0.4) is 0 Å². The zero-order valence-corrected chi connectivity index (χ0v) is 25.7. The van der Waals surface area contributed by atoms with Gasteiger partial charge in [-0.15, -0.1) is 0 Å². The fraction of sp³-hybridized carbons (Fsp3) is 0.852. The summed E-state index contributed by atoms with van der Waals surface area (Å²) in [6.07, 6.45) is -0.635. The molecule has 2 aliphatic heterocycles. The standard InChI is InChI=1S/C27H48BN3O9/c1-17(2)26(10,30-21(35)38-23(3,4)5)19(32)29-18-15-27(20(33)34,31(16-18)22(36)37)13-11-12-14-28-39-24(6,7)25(8,9)40-28/h17-18H,11-16H2,1-10H3,(H,29,32)(H,30,35)(H,33,34)(H,36,37)/t18-,26?,27-/m1/s1. The molecule has 0 radical (unpaired) electrons. The van der Waals surface area contributed by atoms with E-state index in [4.69, 9.17) is 14.0 Å². The Kier molecular flexibility index (Phi) is 9.89. The number of likely N-dealkylation sites (tertiary alicyclic amines) is 1. The lowest BCUT2D eigenvalue weighted by atomic mass is 9.80. The molecule has 0 aliphatic carbocycles. The summed E-state index contributed by atoms with van der Waals surface area (Å²) in [5.74, 6) is -2.16. The summed E-state index contributed by atoms with van der Waals surface area (Å²) >= 11 is 0. The Morgan fingerprint density at radius 2 is 1.57 bits per heavy atom. The van der Waals surface area contributed by atoms with Crippen LogP contribution >= 0.6 is 0 Å². The molecule has 2 fully saturated rings. The first-order valence-corrected chi connectivity index (χ1v) is 14.0. The van der Waals surface area contributed by atoms with Gasteiger partial charge in [0.2, 0.25) is 5.91 Å². The molecule has 1 unspecified atom stereocenters. The van der Waals surface area contributed by atoms with Gasteiger partial charge in [0.15, 0.2) is 0 Å². The van der Waals surface area contributed by atoms with Gasteiger partial charge in [0.1, 0.15) is 16.7 Å². The van der Waals surface area contributed by atoms with Gasteiger partial charge in [-0.3, -0.25) is 9.69 Å². The smallest absolute Gasteiger partial charge is 0.457 e. The summed E-state index contributed by atoms with van der Waals surface area (Å²) in [6.45, 7) is 17.8. The van der Waals surface area contributed by atoms with E-state index in [-0.39, 0.29) is 25.3 Å². The lowest BCUT2D eigenvalue weighted by Gasteiger charge is -2.35. The predicted octanol–water partition coefficient (Wildman–Crippen LogP) is 3.88. The highest BCUT2D eigenvalue weighted by Gasteiger charge is 2.55. The van der Waals surface area contributed by atoms with E-state index in [1.54, 1.807) is 41.5 Å². The van der Waals surface area contributed by atoms with Crippen LogP contribution in [-0.4, -0.2) is 86.8 Å². The molecule has 2 rings (SSSR count). The third-order valence-corrected chi connectivity index (χ3v) is 8.44. The minimum Gasteiger partial charge on any atom is -0.479 e. The molecule has 0 spiro atoms. The number of carboxylic acid groups (broad SMARTS) is 2. The molecule has 3 atom stereocenters. The monoisotopic (exact) mass is 569 g/mol. The van der Waals surface area contributed by atoms with Crippen molar-refractivity contribution in [3.63, 3.8) is 0 Å². The summed E-state index contributed by atoms with van der Waals surface area (Å²) in [5, 5.41) is 25.6. The number of rotatable bonds is 10. The molecule has 2 heterocycles. The summed E-state index contributed by atoms with van der Waals surface area (Å²) in [4.78, 5) is 51.5. The zero-order chi connectivity index (χ0) is 30.9. The maximum atomic E-state index is 13.4. The zero-order valence-electron chi connectivity index (χ0n) is 25.7. The number of carbonyl (C=O) groups excluding carboxylic acids is 2. The number of carbonyl (C=O) groups is 4. The van der Waals surface area contributed by atoms with Gasteiger partial charge in [-0.05, 0) is 74.0 Å². The van der Waals surface area contributed by atoms with Gasteiger partial charge in [-0.1, -0.05) is 26.7 Å². The van der Waals surface area contributed by atoms with Crippen LogP contribution in [-0.2, 0) is 23.6 Å². The van der Waals surface area contributed by atoms with Crippen molar-refractivity contribution in [1.29, 1.82) is 0 Å². The number of aliphatic carboxylic acids is 1. The second kappa shape index (κ2) is 11.8. The molecule has 40 heavy (non-hydrogen) atoms. The number of ether oxygens (including phenoxy) is 1. The van der Waals surface area contributed by atoms with Crippen LogP contribution in [0.25, 0.3) is 0 Å². The largest absolute Gasteiger partial charge is 0.479 e. The maximum Gasteiger partial charge on any atom is 0.457 e. The van der Waals surface area contributed by atoms with E-state index >= 15 is 0 Å². The molecule has 2 aliphatic rings. The van der Waals surface area contributed by atoms with Crippen LogP contribution in [0.15, 0.2) is 0 Å². The van der Waals surface area contributed by atoms with Gasteiger partial charge in [-0.25, -0.2) is 14.4 Å². The quantitative estimate of drug-likeness (QED) is 0.226. The highest BCUT2D eigenvalue weighted by molar-refractivity contribution is 6.45. The van der Waals surface area contributed by atoms with Crippen LogP contribution in [0, 0.1) is 5.92 Å². The van der Waals surface area contributed by atoms with E-state index in [9.17, 15) is 29.4 Å². The summed E-state index contributed by atoms with van der Waals surface area (Å²) in [7, 11) is -0.428. The fourth-order valence-electron chi connectivity index (χ4n) is 5.01. The van der Waals surface area contributed by atoms with Gasteiger partial charge >= 0.3 is 25.3 Å². The van der Waals surface area contributed by atoms with Crippen LogP contribution in [0.4, 0.5) is 9.59 Å². The molecule has 13 heteroatoms. The lowest BCUT2D eigenvalue weighted by molar-refractivity contribution is -0.149. The Hall–Kier alpha value is -2.54. The SMILES string of the molecule is CC(C)C(C)(NC(=O)OC(C)(C)C)C(=O)N[C@H]1CN(C(=O)O)[C@@](CCCCB2OC(C)(C)C(C)(C)O2)(C(=O)O)C1. The van der Waals surface area contributed by atoms with Crippen molar-refractivity contribution in [3.05, 3.63) is 0 Å². The number of nitrogens with zero attached hydrogens (tertiary/aromatic N) is 1. The van der Waals surface area contributed by atoms with E-state index in [1.165, 1.54) is 0 Å². The molecule has 0 bridgehead atoms. The number of nitrogens with one attached hydrogen (secondary N) is 2. The van der Waals surface area contributed by atoms with Crippen molar-refractivity contribution >= 4 is 31.2 Å². The molecule has 3 amide bonds. The second-order valence-corrected chi connectivity index (χ2v) is 13.5. The van der Waals surface area contributed by atoms with Crippen LogP contribution < -0.4 is 10.6 Å². The Morgan fingerprint density at radius 1 is 1.02 bits per heavy atom. The third-order valence-electron chi connectivity index (χ3n) is 8.44. The third kappa shape index (κ3) is 7.40. The number of carboxylic acids is 1. The van der Waals surface area contributed by atoms with Crippen LogP contribution in [0.5, 0.6) is 0 Å². The first-order valence-electron chi connectivity index (χ1n) is 14.0. The molecular weight excluding hydrogens is 521 g/mol. The van der Waals surface area contributed by atoms with Gasteiger partial charge < -0.3 is 34.9 Å². The highest BCUT2D eigenvalue weighted by atomic mass is 16.7. The van der Waals surface area contributed by atoms with E-state index in [0.717, 1.165) is 4.90 Å². The van der Waals surface area contributed by atoms with Crippen molar-refractivity contribution in [1.82, 2.24) is 15.5 Å². The van der Waals surface area contributed by atoms with Gasteiger partial charge in [0.05, 0.1) is 11.2 Å². The van der Waals surface area contributed by atoms with Crippen molar-refractivity contribution in [2.24, 2.45) is 5.92 Å². The second-order valence-electron chi connectivity index (χ2n) is 13.5. The topological polar surface area (TPSA) is 164 Å². The first kappa shape index (κ1) is 33.7. The average Bonchev–Trinajstić information content (AvgIpc) is 3.23. The van der Waals surface area contributed by atoms with Crippen molar-refractivity contribution in [2.45, 2.75) is 135 Å². The molecule has 0 aromatic carbocycles. The molecule has 228 valence electrons. The fourth-order valence-corrected chi connectivity index (χ4v) is 5.01. The minimum atomic E-state index is -1.70. The van der Waals surface area contributed by atoms with Gasteiger partial charge in [0.25, 0.3) is 0 Å².